The van der Waals surface area contributed by atoms with Crippen LogP contribution in [0.3, 0.4) is 0 Å². The zero-order valence-corrected chi connectivity index (χ0v) is 14.3. The predicted octanol–water partition coefficient (Wildman–Crippen LogP) is 3.89. The van der Waals surface area contributed by atoms with E-state index in [1.54, 1.807) is 0 Å². The van der Waals surface area contributed by atoms with Crippen molar-refractivity contribution in [3.05, 3.63) is 35.9 Å². The first kappa shape index (κ1) is 17.0. The summed E-state index contributed by atoms with van der Waals surface area (Å²) >= 11 is 0. The summed E-state index contributed by atoms with van der Waals surface area (Å²) in [6, 6.07) is 10.6. The molecule has 0 aromatic heterocycles. The molecule has 2 rings (SSSR count). The van der Waals surface area contributed by atoms with Gasteiger partial charge in [-0.3, -0.25) is 4.79 Å². The third-order valence-electron chi connectivity index (χ3n) is 4.50. The van der Waals surface area contributed by atoms with Gasteiger partial charge in [0.05, 0.1) is 5.60 Å². The molecule has 1 fully saturated rings. The second-order valence-electron chi connectivity index (χ2n) is 7.33. The molecule has 1 aromatic rings. The number of ether oxygens (including phenoxy) is 1. The lowest BCUT2D eigenvalue weighted by atomic mass is 9.85. The number of rotatable bonds is 5. The molecule has 0 bridgehead atoms. The summed E-state index contributed by atoms with van der Waals surface area (Å²) in [6.07, 6.45) is 2.35. The SMILES string of the molecule is CC(C)[C@H](CC(=O)N[C@H]1CCOC(C)(C)C1)c1ccccc1. The quantitative estimate of drug-likeness (QED) is 0.896. The Hall–Kier alpha value is -1.35. The van der Waals surface area contributed by atoms with Crippen molar-refractivity contribution in [2.75, 3.05) is 6.61 Å². The molecule has 0 saturated carbocycles. The molecule has 0 spiro atoms. The van der Waals surface area contributed by atoms with Gasteiger partial charge in [0, 0.05) is 19.1 Å². The van der Waals surface area contributed by atoms with Crippen LogP contribution >= 0.6 is 0 Å². The van der Waals surface area contributed by atoms with E-state index < -0.39 is 0 Å². The van der Waals surface area contributed by atoms with Gasteiger partial charge in [-0.05, 0) is 44.1 Å². The molecular weight excluding hydrogens is 274 g/mol. The summed E-state index contributed by atoms with van der Waals surface area (Å²) in [5.74, 6) is 0.874. The molecule has 1 saturated heterocycles. The Balaban J connectivity index is 1.94. The van der Waals surface area contributed by atoms with Crippen LogP contribution < -0.4 is 5.32 Å². The Labute approximate surface area is 134 Å². The summed E-state index contributed by atoms with van der Waals surface area (Å²) in [6.45, 7) is 9.27. The zero-order chi connectivity index (χ0) is 16.2. The lowest BCUT2D eigenvalue weighted by Crippen LogP contribution is -2.46. The summed E-state index contributed by atoms with van der Waals surface area (Å²) in [5, 5.41) is 3.21. The van der Waals surface area contributed by atoms with E-state index in [-0.39, 0.29) is 23.5 Å². The first-order valence-corrected chi connectivity index (χ1v) is 8.35. The number of hydrogen-bond acceptors (Lipinski definition) is 2. The maximum atomic E-state index is 12.5. The van der Waals surface area contributed by atoms with Crippen LogP contribution in [0.25, 0.3) is 0 Å². The van der Waals surface area contributed by atoms with E-state index in [1.165, 1.54) is 5.56 Å². The predicted molar refractivity (Wildman–Crippen MR) is 89.8 cm³/mol. The second kappa shape index (κ2) is 7.28. The molecule has 1 amide bonds. The van der Waals surface area contributed by atoms with Gasteiger partial charge < -0.3 is 10.1 Å². The monoisotopic (exact) mass is 303 g/mol. The van der Waals surface area contributed by atoms with Crippen LogP contribution in [0.2, 0.25) is 0 Å². The Morgan fingerprint density at radius 3 is 2.59 bits per heavy atom. The molecule has 22 heavy (non-hydrogen) atoms. The van der Waals surface area contributed by atoms with Crippen molar-refractivity contribution in [2.45, 2.75) is 64.5 Å². The van der Waals surface area contributed by atoms with Crippen LogP contribution in [-0.2, 0) is 9.53 Å². The second-order valence-corrected chi connectivity index (χ2v) is 7.33. The molecule has 0 radical (unpaired) electrons. The van der Waals surface area contributed by atoms with Crippen LogP contribution in [0.1, 0.15) is 58.4 Å². The highest BCUT2D eigenvalue weighted by Gasteiger charge is 2.30. The minimum absolute atomic E-state index is 0.132. The largest absolute Gasteiger partial charge is 0.375 e. The topological polar surface area (TPSA) is 38.3 Å². The molecule has 3 nitrogen and oxygen atoms in total. The molecule has 0 aliphatic carbocycles. The average molecular weight is 303 g/mol. The standard InChI is InChI=1S/C19H29NO2/c1-14(2)17(15-8-6-5-7-9-15)12-18(21)20-16-10-11-22-19(3,4)13-16/h5-9,14,16-17H,10-13H2,1-4H3,(H,20,21)/t16-,17-/m0/s1. The minimum atomic E-state index is -0.132. The fourth-order valence-corrected chi connectivity index (χ4v) is 3.28. The van der Waals surface area contributed by atoms with Gasteiger partial charge in [0.15, 0.2) is 0 Å². The lowest BCUT2D eigenvalue weighted by molar-refractivity contribution is -0.124. The molecule has 1 aliphatic heterocycles. The summed E-state index contributed by atoms with van der Waals surface area (Å²) < 4.78 is 5.71. The van der Waals surface area contributed by atoms with Gasteiger partial charge in [-0.25, -0.2) is 0 Å². The molecular formula is C19H29NO2. The zero-order valence-electron chi connectivity index (χ0n) is 14.3. The van der Waals surface area contributed by atoms with Gasteiger partial charge in [-0.1, -0.05) is 44.2 Å². The van der Waals surface area contributed by atoms with Crippen molar-refractivity contribution < 1.29 is 9.53 Å². The van der Waals surface area contributed by atoms with E-state index in [0.717, 1.165) is 19.4 Å². The summed E-state index contributed by atoms with van der Waals surface area (Å²) in [4.78, 5) is 12.5. The summed E-state index contributed by atoms with van der Waals surface area (Å²) in [7, 11) is 0. The number of nitrogens with one attached hydrogen (secondary N) is 1. The molecule has 1 aromatic carbocycles. The van der Waals surface area contributed by atoms with E-state index in [2.05, 4.69) is 45.1 Å². The summed E-state index contributed by atoms with van der Waals surface area (Å²) in [5.41, 5.74) is 1.12. The number of carbonyl (C=O) groups excluding carboxylic acids is 1. The van der Waals surface area contributed by atoms with E-state index in [0.29, 0.717) is 12.3 Å². The van der Waals surface area contributed by atoms with E-state index in [1.807, 2.05) is 18.2 Å². The fourth-order valence-electron chi connectivity index (χ4n) is 3.28. The molecule has 3 heteroatoms. The maximum absolute atomic E-state index is 12.5. The van der Waals surface area contributed by atoms with Gasteiger partial charge in [-0.2, -0.15) is 0 Å². The van der Waals surface area contributed by atoms with E-state index in [4.69, 9.17) is 4.74 Å². The Morgan fingerprint density at radius 1 is 1.32 bits per heavy atom. The third-order valence-corrected chi connectivity index (χ3v) is 4.50. The molecule has 0 unspecified atom stereocenters. The normalized spacial score (nSPS) is 22.3. The molecule has 1 N–H and O–H groups in total. The van der Waals surface area contributed by atoms with Gasteiger partial charge in [-0.15, -0.1) is 0 Å². The van der Waals surface area contributed by atoms with Gasteiger partial charge in [0.25, 0.3) is 0 Å². The van der Waals surface area contributed by atoms with Crippen molar-refractivity contribution in [3.8, 4) is 0 Å². The van der Waals surface area contributed by atoms with Crippen LogP contribution in [0, 0.1) is 5.92 Å². The number of hydrogen-bond donors (Lipinski definition) is 1. The van der Waals surface area contributed by atoms with Crippen LogP contribution in [0.4, 0.5) is 0 Å². The van der Waals surface area contributed by atoms with Gasteiger partial charge in [0.1, 0.15) is 0 Å². The van der Waals surface area contributed by atoms with Gasteiger partial charge in [0.2, 0.25) is 5.91 Å². The highest BCUT2D eigenvalue weighted by Crippen LogP contribution is 2.28. The lowest BCUT2D eigenvalue weighted by Gasteiger charge is -2.36. The maximum Gasteiger partial charge on any atom is 0.220 e. The Kier molecular flexibility index (Phi) is 5.63. The number of carbonyl (C=O) groups is 1. The van der Waals surface area contributed by atoms with E-state index in [9.17, 15) is 4.79 Å². The van der Waals surface area contributed by atoms with Crippen LogP contribution in [-0.4, -0.2) is 24.2 Å². The first-order valence-electron chi connectivity index (χ1n) is 8.35. The third kappa shape index (κ3) is 4.84. The van der Waals surface area contributed by atoms with Crippen molar-refractivity contribution in [3.63, 3.8) is 0 Å². The Morgan fingerprint density at radius 2 is 2.00 bits per heavy atom. The van der Waals surface area contributed by atoms with Crippen molar-refractivity contribution in [1.29, 1.82) is 0 Å². The molecule has 1 heterocycles. The van der Waals surface area contributed by atoms with Crippen LogP contribution in [0.15, 0.2) is 30.3 Å². The molecule has 2 atom stereocenters. The fraction of sp³-hybridized carbons (Fsp3) is 0.632. The minimum Gasteiger partial charge on any atom is -0.375 e. The number of benzene rings is 1. The van der Waals surface area contributed by atoms with Crippen LogP contribution in [0.5, 0.6) is 0 Å². The number of amides is 1. The Bertz CT molecular complexity index is 481. The van der Waals surface area contributed by atoms with Crippen molar-refractivity contribution in [2.24, 2.45) is 5.92 Å². The van der Waals surface area contributed by atoms with Gasteiger partial charge >= 0.3 is 0 Å². The van der Waals surface area contributed by atoms with Crippen molar-refractivity contribution >= 4 is 5.91 Å². The van der Waals surface area contributed by atoms with E-state index >= 15 is 0 Å². The van der Waals surface area contributed by atoms with Crippen molar-refractivity contribution in [1.82, 2.24) is 5.32 Å². The molecule has 122 valence electrons. The highest BCUT2D eigenvalue weighted by atomic mass is 16.5. The first-order chi connectivity index (χ1) is 10.4. The smallest absolute Gasteiger partial charge is 0.220 e. The average Bonchev–Trinajstić information content (AvgIpc) is 2.44. The molecule has 1 aliphatic rings. The highest BCUT2D eigenvalue weighted by molar-refractivity contribution is 5.77.